The van der Waals surface area contributed by atoms with Crippen LogP contribution in [0.3, 0.4) is 0 Å². The van der Waals surface area contributed by atoms with E-state index in [-0.39, 0.29) is 35.3 Å². The van der Waals surface area contributed by atoms with E-state index >= 15 is 0 Å². The Bertz CT molecular complexity index is 70.6. The standard InChI is InChI=1S/C3H6O.CH2O3.Na/c1-3(2)4;2-1(3)4;/h1-2H3;(H2,2,3,4);/q;;+1/p-1. The first-order valence-electron chi connectivity index (χ1n) is 1.84. The van der Waals surface area contributed by atoms with Gasteiger partial charge in [-0.15, -0.1) is 0 Å². The third kappa shape index (κ3) is 77800. The molecule has 0 aliphatic carbocycles. The molecule has 0 rings (SSSR count). The molecule has 1 N–H and O–H groups in total. The van der Waals surface area contributed by atoms with Crippen molar-refractivity contribution in [3.05, 3.63) is 0 Å². The predicted molar refractivity (Wildman–Crippen MR) is 24.4 cm³/mol. The summed E-state index contributed by atoms with van der Waals surface area (Å²) < 4.78 is 0. The van der Waals surface area contributed by atoms with Gasteiger partial charge in [0.2, 0.25) is 6.16 Å². The van der Waals surface area contributed by atoms with Crippen molar-refractivity contribution in [2.75, 3.05) is 0 Å². The van der Waals surface area contributed by atoms with Crippen molar-refractivity contribution in [3.63, 3.8) is 0 Å². The number of Topliss-reactive ketones (excluding diaryl/α,β-unsaturated/α-hetero) is 1. The van der Waals surface area contributed by atoms with Gasteiger partial charge in [0.25, 0.3) is 0 Å². The maximum Gasteiger partial charge on any atom is 1.00 e. The molecule has 0 aromatic carbocycles. The molecule has 0 aliphatic heterocycles. The van der Waals surface area contributed by atoms with Gasteiger partial charge in [0.1, 0.15) is 5.78 Å². The molecule has 0 aromatic rings. The van der Waals surface area contributed by atoms with Crippen molar-refractivity contribution in [1.29, 1.82) is 0 Å². The second kappa shape index (κ2) is 10.8. The molecule has 4 nitrogen and oxygen atoms in total. The molecule has 0 bridgehead atoms. The second-order valence-electron chi connectivity index (χ2n) is 1.17. The molecule has 0 atom stereocenters. The summed E-state index contributed by atoms with van der Waals surface area (Å²) in [5.41, 5.74) is 0. The van der Waals surface area contributed by atoms with Crippen LogP contribution in [0.4, 0.5) is 4.79 Å². The Morgan fingerprint density at radius 3 is 1.33 bits per heavy atom. The zero-order chi connectivity index (χ0) is 7.15. The first-order valence-corrected chi connectivity index (χ1v) is 1.84. The minimum atomic E-state index is -2.08. The SMILES string of the molecule is CC(C)=O.O=C([O-])O.[Na+]. The number of carboxylic acid groups (broad SMARTS) is 2. The van der Waals surface area contributed by atoms with Crippen molar-refractivity contribution in [2.24, 2.45) is 0 Å². The quantitative estimate of drug-likeness (QED) is 0.356. The monoisotopic (exact) mass is 142 g/mol. The van der Waals surface area contributed by atoms with Gasteiger partial charge in [-0.25, -0.2) is 0 Å². The summed E-state index contributed by atoms with van der Waals surface area (Å²) in [7, 11) is 0. The molecule has 0 amide bonds. The minimum absolute atomic E-state index is 0. The second-order valence-corrected chi connectivity index (χ2v) is 1.17. The fourth-order valence-electron chi connectivity index (χ4n) is 0. The van der Waals surface area contributed by atoms with Crippen molar-refractivity contribution >= 4 is 11.9 Å². The Morgan fingerprint density at radius 1 is 1.33 bits per heavy atom. The number of hydrogen-bond acceptors (Lipinski definition) is 3. The summed E-state index contributed by atoms with van der Waals surface area (Å²) in [6.07, 6.45) is -2.08. The zero-order valence-corrected chi connectivity index (χ0v) is 7.67. The van der Waals surface area contributed by atoms with Gasteiger partial charge in [-0.05, 0) is 13.8 Å². The van der Waals surface area contributed by atoms with E-state index in [9.17, 15) is 4.79 Å². The maximum atomic E-state index is 9.44. The molecule has 0 saturated carbocycles. The third-order valence-electron chi connectivity index (χ3n) is 0. The van der Waals surface area contributed by atoms with Gasteiger partial charge in [0.05, 0.1) is 0 Å². The van der Waals surface area contributed by atoms with Gasteiger partial charge in [-0.3, -0.25) is 0 Å². The van der Waals surface area contributed by atoms with E-state index < -0.39 is 6.16 Å². The molecular weight excluding hydrogens is 135 g/mol. The van der Waals surface area contributed by atoms with Crippen molar-refractivity contribution in [3.8, 4) is 0 Å². The minimum Gasteiger partial charge on any atom is -0.565 e. The topological polar surface area (TPSA) is 77.4 Å². The van der Waals surface area contributed by atoms with Crippen LogP contribution in [0, 0.1) is 0 Å². The smallest absolute Gasteiger partial charge is 0.565 e. The normalized spacial score (nSPS) is 5.56. The van der Waals surface area contributed by atoms with Crippen molar-refractivity contribution in [1.82, 2.24) is 0 Å². The van der Waals surface area contributed by atoms with Crippen LogP contribution in [0.15, 0.2) is 0 Å². The first kappa shape index (κ1) is 16.0. The van der Waals surface area contributed by atoms with Gasteiger partial charge in [-0.1, -0.05) is 0 Å². The summed E-state index contributed by atoms with van der Waals surface area (Å²) in [4.78, 5) is 17.9. The van der Waals surface area contributed by atoms with E-state index in [1.807, 2.05) is 0 Å². The zero-order valence-electron chi connectivity index (χ0n) is 5.67. The summed E-state index contributed by atoms with van der Waals surface area (Å²) in [5.74, 6) is 0.167. The Balaban J connectivity index is -0.0000000720. The molecular formula is C4H7NaO4. The van der Waals surface area contributed by atoms with E-state index in [1.165, 1.54) is 13.8 Å². The molecule has 0 radical (unpaired) electrons. The van der Waals surface area contributed by atoms with Crippen LogP contribution >= 0.6 is 0 Å². The Labute approximate surface area is 75.2 Å². The molecule has 48 valence electrons. The molecule has 0 spiro atoms. The van der Waals surface area contributed by atoms with E-state index in [2.05, 4.69) is 0 Å². The van der Waals surface area contributed by atoms with Crippen LogP contribution in [0.25, 0.3) is 0 Å². The number of hydrogen-bond donors (Lipinski definition) is 1. The van der Waals surface area contributed by atoms with Crippen LogP contribution < -0.4 is 34.7 Å². The summed E-state index contributed by atoms with van der Waals surface area (Å²) in [6, 6.07) is 0. The van der Waals surface area contributed by atoms with Crippen molar-refractivity contribution < 1.29 is 49.4 Å². The van der Waals surface area contributed by atoms with Crippen molar-refractivity contribution in [2.45, 2.75) is 13.8 Å². The average Bonchev–Trinajstić information content (AvgIpc) is 1.25. The molecule has 0 heterocycles. The third-order valence-corrected chi connectivity index (χ3v) is 0. The predicted octanol–water partition coefficient (Wildman–Crippen LogP) is -3.51. The molecule has 5 heteroatoms. The maximum absolute atomic E-state index is 9.44. The first-order chi connectivity index (χ1) is 3.46. The number of rotatable bonds is 0. The molecule has 0 fully saturated rings. The van der Waals surface area contributed by atoms with E-state index in [0.717, 1.165) is 0 Å². The number of ketones is 1. The van der Waals surface area contributed by atoms with Crippen LogP contribution in [0.5, 0.6) is 0 Å². The summed E-state index contributed by atoms with van der Waals surface area (Å²) in [5, 5.41) is 15.3. The van der Waals surface area contributed by atoms with Crippen LogP contribution in [0.2, 0.25) is 0 Å². The molecule has 0 aliphatic rings. The Morgan fingerprint density at radius 2 is 1.33 bits per heavy atom. The van der Waals surface area contributed by atoms with Gasteiger partial charge >= 0.3 is 29.6 Å². The van der Waals surface area contributed by atoms with Gasteiger partial charge < -0.3 is 19.8 Å². The molecule has 0 saturated heterocycles. The van der Waals surface area contributed by atoms with Gasteiger partial charge in [-0.2, -0.15) is 0 Å². The van der Waals surface area contributed by atoms with E-state index in [0.29, 0.717) is 0 Å². The fourth-order valence-corrected chi connectivity index (χ4v) is 0. The molecule has 0 unspecified atom stereocenters. The van der Waals surface area contributed by atoms with Crippen LogP contribution in [-0.2, 0) is 4.79 Å². The Kier molecular flexibility index (Phi) is 19.2. The van der Waals surface area contributed by atoms with Gasteiger partial charge in [0.15, 0.2) is 0 Å². The largest absolute Gasteiger partial charge is 1.00 e. The number of carbonyl (C=O) groups excluding carboxylic acids is 1. The van der Waals surface area contributed by atoms with Crippen LogP contribution in [-0.4, -0.2) is 17.0 Å². The van der Waals surface area contributed by atoms with E-state index in [4.69, 9.17) is 15.0 Å². The average molecular weight is 142 g/mol. The number of carbonyl (C=O) groups is 2. The van der Waals surface area contributed by atoms with Gasteiger partial charge in [0, 0.05) is 0 Å². The summed E-state index contributed by atoms with van der Waals surface area (Å²) in [6.45, 7) is 3.06. The fraction of sp³-hybridized carbons (Fsp3) is 0.500. The van der Waals surface area contributed by atoms with Crippen LogP contribution in [0.1, 0.15) is 13.8 Å². The van der Waals surface area contributed by atoms with E-state index in [1.54, 1.807) is 0 Å². The Hall–Kier alpha value is -0.0600. The molecule has 0 aromatic heterocycles. The molecule has 9 heavy (non-hydrogen) atoms. The summed E-state index contributed by atoms with van der Waals surface area (Å²) >= 11 is 0.